The molecule has 1 aromatic heterocycles. The SMILES string of the molecule is CCOC(=O)Cc1cc([N+](=O)[O-])nc(I)c1C(F)F. The Kier molecular flexibility index (Phi) is 5.51. The van der Waals surface area contributed by atoms with Crippen LogP contribution in [0.1, 0.15) is 24.5 Å². The quantitative estimate of drug-likeness (QED) is 0.256. The highest BCUT2D eigenvalue weighted by Gasteiger charge is 2.26. The summed E-state index contributed by atoms with van der Waals surface area (Å²) in [6.07, 6.45) is -3.32. The highest BCUT2D eigenvalue weighted by atomic mass is 127. The van der Waals surface area contributed by atoms with Crippen molar-refractivity contribution in [2.24, 2.45) is 0 Å². The number of ether oxygens (including phenoxy) is 1. The Morgan fingerprint density at radius 2 is 2.26 bits per heavy atom. The van der Waals surface area contributed by atoms with E-state index in [1.807, 2.05) is 0 Å². The van der Waals surface area contributed by atoms with Gasteiger partial charge in [0.1, 0.15) is 0 Å². The van der Waals surface area contributed by atoms with Crippen LogP contribution >= 0.6 is 22.6 Å². The molecule has 1 heterocycles. The van der Waals surface area contributed by atoms with Crippen LogP contribution in [-0.2, 0) is 16.0 Å². The van der Waals surface area contributed by atoms with Crippen LogP contribution in [0.15, 0.2) is 6.07 Å². The second kappa shape index (κ2) is 6.68. The maximum Gasteiger partial charge on any atom is 0.364 e. The van der Waals surface area contributed by atoms with Crippen molar-refractivity contribution in [2.75, 3.05) is 6.61 Å². The van der Waals surface area contributed by atoms with E-state index in [0.29, 0.717) is 0 Å². The lowest BCUT2D eigenvalue weighted by atomic mass is 10.1. The number of nitrogens with zero attached hydrogens (tertiary/aromatic N) is 2. The Hall–Kier alpha value is -1.39. The third kappa shape index (κ3) is 4.04. The molecule has 0 saturated carbocycles. The molecule has 19 heavy (non-hydrogen) atoms. The standard InChI is InChI=1S/C10H9F2IN2O4/c1-2-19-7(16)4-5-3-6(15(17)18)14-10(13)8(5)9(11)12/h3,9H,2,4H2,1H3. The normalized spacial score (nSPS) is 10.6. The average molecular weight is 386 g/mol. The van der Waals surface area contributed by atoms with Crippen LogP contribution in [0.5, 0.6) is 0 Å². The van der Waals surface area contributed by atoms with Gasteiger partial charge >= 0.3 is 11.8 Å². The fourth-order valence-electron chi connectivity index (χ4n) is 1.40. The Bertz CT molecular complexity index is 511. The van der Waals surface area contributed by atoms with Crippen molar-refractivity contribution in [3.8, 4) is 0 Å². The predicted molar refractivity (Wildman–Crippen MR) is 68.9 cm³/mol. The zero-order valence-corrected chi connectivity index (χ0v) is 11.9. The summed E-state index contributed by atoms with van der Waals surface area (Å²) < 4.78 is 30.2. The zero-order valence-electron chi connectivity index (χ0n) is 9.73. The molecule has 0 unspecified atom stereocenters. The molecule has 0 radical (unpaired) electrons. The van der Waals surface area contributed by atoms with E-state index >= 15 is 0 Å². The first-order valence-electron chi connectivity index (χ1n) is 5.14. The van der Waals surface area contributed by atoms with Gasteiger partial charge in [0, 0.05) is 28.7 Å². The summed E-state index contributed by atoms with van der Waals surface area (Å²) in [6, 6.07) is 0.876. The lowest BCUT2D eigenvalue weighted by molar-refractivity contribution is -0.389. The smallest absolute Gasteiger partial charge is 0.364 e. The molecule has 0 spiro atoms. The molecule has 0 amide bonds. The maximum atomic E-state index is 12.9. The molecule has 0 aromatic carbocycles. The summed E-state index contributed by atoms with van der Waals surface area (Å²) >= 11 is 1.48. The lowest BCUT2D eigenvalue weighted by Gasteiger charge is -2.08. The van der Waals surface area contributed by atoms with Crippen LogP contribution in [0.4, 0.5) is 14.6 Å². The molecule has 0 fully saturated rings. The second-order valence-electron chi connectivity index (χ2n) is 3.38. The Morgan fingerprint density at radius 1 is 1.63 bits per heavy atom. The first kappa shape index (κ1) is 15.7. The van der Waals surface area contributed by atoms with E-state index in [-0.39, 0.29) is 15.9 Å². The monoisotopic (exact) mass is 386 g/mol. The third-order valence-electron chi connectivity index (χ3n) is 2.13. The number of esters is 1. The van der Waals surface area contributed by atoms with Gasteiger partial charge in [-0.1, -0.05) is 0 Å². The summed E-state index contributed by atoms with van der Waals surface area (Å²) in [5.41, 5.74) is -0.612. The molecule has 0 saturated heterocycles. The first-order chi connectivity index (χ1) is 8.86. The van der Waals surface area contributed by atoms with E-state index in [1.54, 1.807) is 6.92 Å². The van der Waals surface area contributed by atoms with Crippen LogP contribution in [0.3, 0.4) is 0 Å². The molecule has 6 nitrogen and oxygen atoms in total. The Balaban J connectivity index is 3.24. The topological polar surface area (TPSA) is 82.3 Å². The molecular weight excluding hydrogens is 377 g/mol. The molecule has 0 atom stereocenters. The highest BCUT2D eigenvalue weighted by Crippen LogP contribution is 2.30. The van der Waals surface area contributed by atoms with Crippen LogP contribution in [-0.4, -0.2) is 22.5 Å². The van der Waals surface area contributed by atoms with E-state index in [9.17, 15) is 23.7 Å². The number of pyridine rings is 1. The van der Waals surface area contributed by atoms with Crippen molar-refractivity contribution in [2.45, 2.75) is 19.8 Å². The number of hydrogen-bond acceptors (Lipinski definition) is 5. The van der Waals surface area contributed by atoms with E-state index < -0.39 is 35.1 Å². The molecule has 0 aliphatic rings. The number of carbonyl (C=O) groups excluding carboxylic acids is 1. The van der Waals surface area contributed by atoms with Gasteiger partial charge in [-0.15, -0.1) is 0 Å². The summed E-state index contributed by atoms with van der Waals surface area (Å²) in [7, 11) is 0. The van der Waals surface area contributed by atoms with Gasteiger partial charge in [0.2, 0.25) is 3.70 Å². The molecule has 0 bridgehead atoms. The third-order valence-corrected chi connectivity index (χ3v) is 2.95. The number of hydrogen-bond donors (Lipinski definition) is 0. The summed E-state index contributed by atoms with van der Waals surface area (Å²) in [6.45, 7) is 1.68. The Labute approximate surface area is 120 Å². The van der Waals surface area contributed by atoms with Gasteiger partial charge in [0.25, 0.3) is 6.43 Å². The minimum atomic E-state index is -2.87. The number of carbonyl (C=O) groups is 1. The van der Waals surface area contributed by atoms with Crippen molar-refractivity contribution in [3.05, 3.63) is 31.0 Å². The fourth-order valence-corrected chi connectivity index (χ4v) is 2.23. The summed E-state index contributed by atoms with van der Waals surface area (Å²) in [5, 5.41) is 10.6. The molecule has 104 valence electrons. The van der Waals surface area contributed by atoms with Gasteiger partial charge < -0.3 is 14.9 Å². The molecule has 0 aliphatic carbocycles. The summed E-state index contributed by atoms with van der Waals surface area (Å²) in [4.78, 5) is 24.6. The highest BCUT2D eigenvalue weighted by molar-refractivity contribution is 14.1. The minimum absolute atomic E-state index is 0.104. The largest absolute Gasteiger partial charge is 0.466 e. The number of rotatable bonds is 5. The zero-order chi connectivity index (χ0) is 14.6. The van der Waals surface area contributed by atoms with E-state index in [2.05, 4.69) is 9.72 Å². The number of aromatic nitrogens is 1. The van der Waals surface area contributed by atoms with Gasteiger partial charge in [-0.2, -0.15) is 0 Å². The number of halogens is 3. The Morgan fingerprint density at radius 3 is 2.74 bits per heavy atom. The van der Waals surface area contributed by atoms with Crippen molar-refractivity contribution < 1.29 is 23.2 Å². The number of alkyl halides is 2. The van der Waals surface area contributed by atoms with Crippen LogP contribution < -0.4 is 0 Å². The minimum Gasteiger partial charge on any atom is -0.466 e. The predicted octanol–water partition coefficient (Wildman–Crippen LogP) is 2.64. The molecule has 9 heteroatoms. The van der Waals surface area contributed by atoms with Gasteiger partial charge in [-0.3, -0.25) is 4.79 Å². The molecule has 1 rings (SSSR count). The van der Waals surface area contributed by atoms with Crippen LogP contribution in [0.25, 0.3) is 0 Å². The van der Waals surface area contributed by atoms with Gasteiger partial charge in [-0.05, 0) is 22.4 Å². The van der Waals surface area contributed by atoms with Crippen molar-refractivity contribution >= 4 is 34.4 Å². The second-order valence-corrected chi connectivity index (χ2v) is 4.41. The van der Waals surface area contributed by atoms with E-state index in [1.165, 1.54) is 22.6 Å². The molecular formula is C10H9F2IN2O4. The molecule has 1 aromatic rings. The number of nitro groups is 1. The van der Waals surface area contributed by atoms with Crippen molar-refractivity contribution in [1.82, 2.24) is 4.98 Å². The first-order valence-corrected chi connectivity index (χ1v) is 6.22. The molecule has 0 N–H and O–H groups in total. The lowest BCUT2D eigenvalue weighted by Crippen LogP contribution is -2.12. The fraction of sp³-hybridized carbons (Fsp3) is 0.400. The van der Waals surface area contributed by atoms with Gasteiger partial charge in [0.15, 0.2) is 0 Å². The van der Waals surface area contributed by atoms with E-state index in [4.69, 9.17) is 0 Å². The summed E-state index contributed by atoms with van der Waals surface area (Å²) in [5.74, 6) is -1.30. The van der Waals surface area contributed by atoms with Crippen molar-refractivity contribution in [1.29, 1.82) is 0 Å². The van der Waals surface area contributed by atoms with E-state index in [0.717, 1.165) is 6.07 Å². The van der Waals surface area contributed by atoms with Gasteiger partial charge in [0.05, 0.1) is 18.6 Å². The van der Waals surface area contributed by atoms with Crippen molar-refractivity contribution in [3.63, 3.8) is 0 Å². The van der Waals surface area contributed by atoms with Crippen LogP contribution in [0.2, 0.25) is 0 Å². The van der Waals surface area contributed by atoms with Gasteiger partial charge in [-0.25, -0.2) is 8.78 Å². The maximum absolute atomic E-state index is 12.9. The van der Waals surface area contributed by atoms with Crippen LogP contribution in [0, 0.1) is 13.8 Å². The average Bonchev–Trinajstić information content (AvgIpc) is 2.27. The molecule has 0 aliphatic heterocycles.